The molecule has 0 radical (unpaired) electrons. The fourth-order valence-electron chi connectivity index (χ4n) is 3.41. The minimum absolute atomic E-state index is 0.105. The number of aryl methyl sites for hydroxylation is 2. The fourth-order valence-corrected chi connectivity index (χ4v) is 5.31. The van der Waals surface area contributed by atoms with Crippen LogP contribution < -0.4 is 4.90 Å². The van der Waals surface area contributed by atoms with E-state index >= 15 is 0 Å². The van der Waals surface area contributed by atoms with Crippen molar-refractivity contribution in [1.29, 1.82) is 0 Å². The van der Waals surface area contributed by atoms with Crippen molar-refractivity contribution < 1.29 is 4.79 Å². The molecule has 0 spiro atoms. The molecular formula is C26H27N3OS2. The van der Waals surface area contributed by atoms with Crippen LogP contribution in [0.1, 0.15) is 36.5 Å². The highest BCUT2D eigenvalue weighted by Gasteiger charge is 2.20. The number of nitrogens with zero attached hydrogens (tertiary/aromatic N) is 3. The standard InChI is InChI=1S/C26H27N3OS2/c1-3-20-10-13-23-24(16-20)32-26(28-23)29(18-21-6-4-14-27-17-21)25(30)7-5-15-31-22-11-8-19(2)9-12-22/h4,6,8-14,16-17H,3,5,7,15,18H2,1-2H3. The van der Waals surface area contributed by atoms with E-state index in [1.165, 1.54) is 16.0 Å². The first-order chi connectivity index (χ1) is 15.6. The van der Waals surface area contributed by atoms with E-state index in [4.69, 9.17) is 4.98 Å². The van der Waals surface area contributed by atoms with Crippen molar-refractivity contribution >= 4 is 44.4 Å². The maximum absolute atomic E-state index is 13.3. The lowest BCUT2D eigenvalue weighted by molar-refractivity contribution is -0.118. The van der Waals surface area contributed by atoms with Gasteiger partial charge in [-0.2, -0.15) is 0 Å². The van der Waals surface area contributed by atoms with Gasteiger partial charge < -0.3 is 0 Å². The van der Waals surface area contributed by atoms with E-state index in [9.17, 15) is 4.79 Å². The molecule has 4 rings (SSSR count). The Balaban J connectivity index is 1.47. The molecule has 0 aliphatic carbocycles. The Bertz CT molecular complexity index is 1170. The number of hydrogen-bond acceptors (Lipinski definition) is 5. The summed E-state index contributed by atoms with van der Waals surface area (Å²) < 4.78 is 1.12. The van der Waals surface area contributed by atoms with E-state index in [0.717, 1.165) is 39.5 Å². The first kappa shape index (κ1) is 22.5. The molecule has 2 aromatic heterocycles. The van der Waals surface area contributed by atoms with E-state index in [2.05, 4.69) is 61.3 Å². The number of thiazole rings is 1. The quantitative estimate of drug-likeness (QED) is 0.206. The summed E-state index contributed by atoms with van der Waals surface area (Å²) in [5.41, 5.74) is 4.49. The summed E-state index contributed by atoms with van der Waals surface area (Å²) in [4.78, 5) is 25.3. The maximum Gasteiger partial charge on any atom is 0.229 e. The predicted molar refractivity (Wildman–Crippen MR) is 136 cm³/mol. The van der Waals surface area contributed by atoms with Crippen molar-refractivity contribution in [3.8, 4) is 0 Å². The molecule has 0 saturated heterocycles. The second kappa shape index (κ2) is 10.7. The van der Waals surface area contributed by atoms with Gasteiger partial charge in [-0.15, -0.1) is 11.8 Å². The van der Waals surface area contributed by atoms with Gasteiger partial charge in [0, 0.05) is 23.7 Å². The summed E-state index contributed by atoms with van der Waals surface area (Å²) in [6, 6.07) is 18.8. The summed E-state index contributed by atoms with van der Waals surface area (Å²) in [6.07, 6.45) is 5.87. The summed E-state index contributed by atoms with van der Waals surface area (Å²) in [5, 5.41) is 0.758. The number of thioether (sulfide) groups is 1. The number of rotatable bonds is 9. The van der Waals surface area contributed by atoms with Gasteiger partial charge >= 0.3 is 0 Å². The van der Waals surface area contributed by atoms with E-state index in [1.807, 2.05) is 23.2 Å². The minimum Gasteiger partial charge on any atom is -0.284 e. The molecule has 32 heavy (non-hydrogen) atoms. The zero-order valence-electron chi connectivity index (χ0n) is 18.5. The molecule has 0 saturated carbocycles. The lowest BCUT2D eigenvalue weighted by atomic mass is 10.2. The second-order valence-corrected chi connectivity index (χ2v) is 9.94. The topological polar surface area (TPSA) is 46.1 Å². The Labute approximate surface area is 197 Å². The highest BCUT2D eigenvalue weighted by Crippen LogP contribution is 2.31. The molecule has 1 amide bonds. The third-order valence-electron chi connectivity index (χ3n) is 5.27. The van der Waals surface area contributed by atoms with Crippen molar-refractivity contribution in [2.24, 2.45) is 0 Å². The molecular weight excluding hydrogens is 434 g/mol. The molecule has 0 unspecified atom stereocenters. The molecule has 0 aliphatic rings. The summed E-state index contributed by atoms with van der Waals surface area (Å²) in [5.74, 6) is 1.02. The molecule has 0 bridgehead atoms. The molecule has 2 heterocycles. The number of benzene rings is 2. The third-order valence-corrected chi connectivity index (χ3v) is 7.41. The minimum atomic E-state index is 0.105. The summed E-state index contributed by atoms with van der Waals surface area (Å²) in [6.45, 7) is 4.73. The van der Waals surface area contributed by atoms with Gasteiger partial charge in [0.1, 0.15) is 0 Å². The van der Waals surface area contributed by atoms with Crippen LogP contribution in [-0.4, -0.2) is 21.6 Å². The Hall–Kier alpha value is -2.70. The van der Waals surface area contributed by atoms with Crippen LogP contribution in [-0.2, 0) is 17.8 Å². The van der Waals surface area contributed by atoms with Gasteiger partial charge in [-0.3, -0.25) is 14.7 Å². The molecule has 4 aromatic rings. The number of pyridine rings is 1. The number of carbonyl (C=O) groups excluding carboxylic acids is 1. The van der Waals surface area contributed by atoms with Gasteiger partial charge in [-0.1, -0.05) is 48.1 Å². The molecule has 0 aliphatic heterocycles. The Morgan fingerprint density at radius 3 is 2.69 bits per heavy atom. The average molecular weight is 462 g/mol. The number of hydrogen-bond donors (Lipinski definition) is 0. The Kier molecular flexibility index (Phi) is 7.55. The van der Waals surface area contributed by atoms with E-state index in [1.54, 1.807) is 29.3 Å². The number of amides is 1. The SMILES string of the molecule is CCc1ccc2nc(N(Cc3cccnc3)C(=O)CCCSc3ccc(C)cc3)sc2c1. The normalized spacial score (nSPS) is 11.1. The van der Waals surface area contributed by atoms with Gasteiger partial charge in [0.2, 0.25) is 5.91 Å². The van der Waals surface area contributed by atoms with Gasteiger partial charge in [0.15, 0.2) is 5.13 Å². The highest BCUT2D eigenvalue weighted by atomic mass is 32.2. The lowest BCUT2D eigenvalue weighted by Gasteiger charge is -2.20. The molecule has 2 aromatic carbocycles. The van der Waals surface area contributed by atoms with Crippen LogP contribution in [0, 0.1) is 6.92 Å². The number of carbonyl (C=O) groups is 1. The molecule has 0 N–H and O–H groups in total. The monoisotopic (exact) mass is 461 g/mol. The van der Waals surface area contributed by atoms with E-state index in [-0.39, 0.29) is 5.91 Å². The number of fused-ring (bicyclic) bond motifs is 1. The lowest BCUT2D eigenvalue weighted by Crippen LogP contribution is -2.30. The van der Waals surface area contributed by atoms with Crippen LogP contribution >= 0.6 is 23.1 Å². The van der Waals surface area contributed by atoms with Crippen LogP contribution in [0.2, 0.25) is 0 Å². The first-order valence-electron chi connectivity index (χ1n) is 10.9. The van der Waals surface area contributed by atoms with Crippen molar-refractivity contribution in [3.63, 3.8) is 0 Å². The van der Waals surface area contributed by atoms with Crippen LogP contribution in [0.3, 0.4) is 0 Å². The maximum atomic E-state index is 13.3. The molecule has 0 atom stereocenters. The molecule has 0 fully saturated rings. The van der Waals surface area contributed by atoms with E-state index < -0.39 is 0 Å². The zero-order valence-corrected chi connectivity index (χ0v) is 20.1. The molecule has 6 heteroatoms. The number of anilines is 1. The van der Waals surface area contributed by atoms with Gasteiger partial charge in [0.05, 0.1) is 16.8 Å². The predicted octanol–water partition coefficient (Wildman–Crippen LogP) is 6.67. The average Bonchev–Trinajstić information content (AvgIpc) is 3.25. The molecule has 164 valence electrons. The van der Waals surface area contributed by atoms with Crippen molar-refractivity contribution in [2.45, 2.75) is 44.6 Å². The zero-order chi connectivity index (χ0) is 22.3. The third kappa shape index (κ3) is 5.75. The van der Waals surface area contributed by atoms with Crippen molar-refractivity contribution in [3.05, 3.63) is 83.7 Å². The van der Waals surface area contributed by atoms with Gasteiger partial charge in [-0.05, 0) is 67.0 Å². The smallest absolute Gasteiger partial charge is 0.229 e. The number of aromatic nitrogens is 2. The summed E-state index contributed by atoms with van der Waals surface area (Å²) in [7, 11) is 0. The van der Waals surface area contributed by atoms with Crippen LogP contribution in [0.25, 0.3) is 10.2 Å². The van der Waals surface area contributed by atoms with Crippen molar-refractivity contribution in [2.75, 3.05) is 10.7 Å². The Morgan fingerprint density at radius 1 is 1.09 bits per heavy atom. The van der Waals surface area contributed by atoms with Gasteiger partial charge in [-0.25, -0.2) is 4.98 Å². The van der Waals surface area contributed by atoms with Crippen molar-refractivity contribution in [1.82, 2.24) is 9.97 Å². The van der Waals surface area contributed by atoms with Gasteiger partial charge in [0.25, 0.3) is 0 Å². The summed E-state index contributed by atoms with van der Waals surface area (Å²) >= 11 is 3.39. The van der Waals surface area contributed by atoms with E-state index in [0.29, 0.717) is 13.0 Å². The first-order valence-corrected chi connectivity index (χ1v) is 12.7. The second-order valence-electron chi connectivity index (χ2n) is 7.76. The fraction of sp³-hybridized carbons (Fsp3) is 0.269. The Morgan fingerprint density at radius 2 is 1.94 bits per heavy atom. The largest absolute Gasteiger partial charge is 0.284 e. The van der Waals surface area contributed by atoms with Crippen LogP contribution in [0.15, 0.2) is 71.9 Å². The molecule has 4 nitrogen and oxygen atoms in total. The van der Waals surface area contributed by atoms with Crippen LogP contribution in [0.4, 0.5) is 5.13 Å². The van der Waals surface area contributed by atoms with Crippen LogP contribution in [0.5, 0.6) is 0 Å². The highest BCUT2D eigenvalue weighted by molar-refractivity contribution is 7.99.